The number of nitrogens with one attached hydrogen (secondary N) is 1. The summed E-state index contributed by atoms with van der Waals surface area (Å²) in [5, 5.41) is 3.44. The van der Waals surface area contributed by atoms with E-state index in [0.29, 0.717) is 54.4 Å². The van der Waals surface area contributed by atoms with E-state index in [9.17, 15) is 14.4 Å². The molecule has 3 amide bonds. The molecule has 2 fully saturated rings. The Balaban J connectivity index is 1.58. The van der Waals surface area contributed by atoms with Crippen LogP contribution in [-0.2, 0) is 9.53 Å². The van der Waals surface area contributed by atoms with Gasteiger partial charge in [-0.25, -0.2) is 0 Å². The van der Waals surface area contributed by atoms with Crippen molar-refractivity contribution < 1.29 is 23.9 Å². The summed E-state index contributed by atoms with van der Waals surface area (Å²) in [6, 6.07) is 13.0. The van der Waals surface area contributed by atoms with Crippen LogP contribution >= 0.6 is 11.6 Å². The predicted octanol–water partition coefficient (Wildman–Crippen LogP) is 3.59. The summed E-state index contributed by atoms with van der Waals surface area (Å²) in [6.45, 7) is 5.39. The molecule has 0 radical (unpaired) electrons. The number of likely N-dealkylation sites (tertiary alicyclic amines) is 1. The van der Waals surface area contributed by atoms with Crippen LogP contribution in [0.1, 0.15) is 47.4 Å². The van der Waals surface area contributed by atoms with E-state index in [1.54, 1.807) is 65.4 Å². The van der Waals surface area contributed by atoms with Gasteiger partial charge in [-0.2, -0.15) is 0 Å². The molecule has 8 nitrogen and oxygen atoms in total. The molecular weight excluding hydrogens is 482 g/mol. The van der Waals surface area contributed by atoms with Gasteiger partial charge in [0.1, 0.15) is 17.5 Å². The average Bonchev–Trinajstić information content (AvgIpc) is 3.25. The molecule has 2 saturated heterocycles. The van der Waals surface area contributed by atoms with Crippen LogP contribution in [0.15, 0.2) is 48.5 Å². The first-order valence-corrected chi connectivity index (χ1v) is 12.6. The van der Waals surface area contributed by atoms with E-state index >= 15 is 0 Å². The van der Waals surface area contributed by atoms with Crippen LogP contribution in [0.2, 0.25) is 5.02 Å². The number of amides is 3. The summed E-state index contributed by atoms with van der Waals surface area (Å²) < 4.78 is 11.5. The summed E-state index contributed by atoms with van der Waals surface area (Å²) in [7, 11) is 1.54. The van der Waals surface area contributed by atoms with Crippen molar-refractivity contribution in [1.82, 2.24) is 15.1 Å². The van der Waals surface area contributed by atoms with Gasteiger partial charge in [-0.15, -0.1) is 0 Å². The molecule has 0 bridgehead atoms. The Morgan fingerprint density at radius 3 is 2.39 bits per heavy atom. The van der Waals surface area contributed by atoms with Gasteiger partial charge in [-0.3, -0.25) is 19.3 Å². The van der Waals surface area contributed by atoms with E-state index in [0.717, 1.165) is 0 Å². The van der Waals surface area contributed by atoms with Crippen LogP contribution in [0.4, 0.5) is 0 Å². The van der Waals surface area contributed by atoms with Gasteiger partial charge in [0.2, 0.25) is 5.91 Å². The highest BCUT2D eigenvalue weighted by Crippen LogP contribution is 2.39. The van der Waals surface area contributed by atoms with Crippen molar-refractivity contribution in [2.24, 2.45) is 5.92 Å². The lowest BCUT2D eigenvalue weighted by Crippen LogP contribution is -2.60. The number of carbonyl (C=O) groups is 3. The van der Waals surface area contributed by atoms with Gasteiger partial charge in [-0.05, 0) is 42.3 Å². The average molecular weight is 514 g/mol. The van der Waals surface area contributed by atoms with Crippen LogP contribution in [0.3, 0.4) is 0 Å². The zero-order chi connectivity index (χ0) is 25.9. The molecule has 0 saturated carbocycles. The minimum absolute atomic E-state index is 0.0991. The summed E-state index contributed by atoms with van der Waals surface area (Å²) >= 11 is 6.07. The van der Waals surface area contributed by atoms with Gasteiger partial charge in [0.05, 0.1) is 13.7 Å². The fourth-order valence-electron chi connectivity index (χ4n) is 4.75. The Hall–Kier alpha value is -3.10. The highest BCUT2D eigenvalue weighted by Gasteiger charge is 2.54. The van der Waals surface area contributed by atoms with Gasteiger partial charge < -0.3 is 19.7 Å². The number of carbonyl (C=O) groups excluding carboxylic acids is 3. The molecule has 2 heterocycles. The number of methoxy groups -OCH3 is 1. The number of hydrogen-bond acceptors (Lipinski definition) is 5. The predicted molar refractivity (Wildman–Crippen MR) is 136 cm³/mol. The van der Waals surface area contributed by atoms with Gasteiger partial charge in [0.15, 0.2) is 0 Å². The molecule has 192 valence electrons. The van der Waals surface area contributed by atoms with Crippen molar-refractivity contribution in [3.8, 4) is 5.75 Å². The first-order valence-electron chi connectivity index (χ1n) is 12.2. The van der Waals surface area contributed by atoms with Crippen molar-refractivity contribution >= 4 is 29.3 Å². The lowest BCUT2D eigenvalue weighted by Gasteiger charge is -2.44. The van der Waals surface area contributed by atoms with Crippen molar-refractivity contribution in [2.75, 3.05) is 33.4 Å². The molecule has 1 N–H and O–H groups in total. The highest BCUT2D eigenvalue weighted by molar-refractivity contribution is 6.30. The van der Waals surface area contributed by atoms with Crippen LogP contribution < -0.4 is 10.1 Å². The Labute approximate surface area is 216 Å². The lowest BCUT2D eigenvalue weighted by atomic mass is 9.96. The number of nitrogens with zero attached hydrogens (tertiary/aromatic N) is 2. The molecule has 1 spiro atoms. The Kier molecular flexibility index (Phi) is 7.85. The number of piperidine rings is 1. The van der Waals surface area contributed by atoms with Crippen LogP contribution in [0.5, 0.6) is 5.75 Å². The monoisotopic (exact) mass is 513 g/mol. The Morgan fingerprint density at radius 1 is 1.08 bits per heavy atom. The summed E-state index contributed by atoms with van der Waals surface area (Å²) in [6.07, 6.45) is 0.784. The molecule has 1 unspecified atom stereocenters. The summed E-state index contributed by atoms with van der Waals surface area (Å²) in [5.41, 5.74) is -0.0511. The second-order valence-corrected chi connectivity index (χ2v) is 10.1. The second kappa shape index (κ2) is 10.9. The van der Waals surface area contributed by atoms with Gasteiger partial charge in [-0.1, -0.05) is 37.6 Å². The molecule has 1 atom stereocenters. The molecule has 9 heteroatoms. The quantitative estimate of drug-likeness (QED) is 0.637. The first kappa shape index (κ1) is 26.0. The fraction of sp³-hybridized carbons (Fsp3) is 0.444. The number of halogens is 1. The van der Waals surface area contributed by atoms with Gasteiger partial charge in [0, 0.05) is 48.6 Å². The molecule has 36 heavy (non-hydrogen) atoms. The van der Waals surface area contributed by atoms with Gasteiger partial charge in [0.25, 0.3) is 11.8 Å². The highest BCUT2D eigenvalue weighted by atomic mass is 35.5. The molecule has 2 aromatic rings. The standard InChI is InChI=1S/C27H32ClN3O5/c1-18(2)16-29-24(32)23-17-36-27(31(23)26(34)20-7-5-9-22(15-20)35-3)10-12-30(13-11-27)25(33)19-6-4-8-21(28)14-19/h4-9,14-15,18,23H,10-13,16-17H2,1-3H3,(H,29,32). The smallest absolute Gasteiger partial charge is 0.257 e. The third-order valence-corrected chi connectivity index (χ3v) is 6.92. The zero-order valence-electron chi connectivity index (χ0n) is 20.8. The largest absolute Gasteiger partial charge is 0.497 e. The van der Waals surface area contributed by atoms with Crippen molar-refractivity contribution in [2.45, 2.75) is 38.5 Å². The molecule has 2 aromatic carbocycles. The number of rotatable bonds is 6. The summed E-state index contributed by atoms with van der Waals surface area (Å²) in [4.78, 5) is 43.3. The van der Waals surface area contributed by atoms with E-state index < -0.39 is 11.8 Å². The van der Waals surface area contributed by atoms with E-state index in [2.05, 4.69) is 5.32 Å². The topological polar surface area (TPSA) is 88.2 Å². The maximum Gasteiger partial charge on any atom is 0.257 e. The third-order valence-electron chi connectivity index (χ3n) is 6.69. The third kappa shape index (κ3) is 5.34. The van der Waals surface area contributed by atoms with E-state index in [1.807, 2.05) is 13.8 Å². The number of hydrogen-bond donors (Lipinski definition) is 1. The number of ether oxygens (including phenoxy) is 2. The molecule has 2 aliphatic heterocycles. The normalized spacial score (nSPS) is 19.0. The summed E-state index contributed by atoms with van der Waals surface area (Å²) in [5.74, 6) is 0.161. The SMILES string of the molecule is COc1cccc(C(=O)N2C(C(=O)NCC(C)C)COC23CCN(C(=O)c2cccc(Cl)c2)CC3)c1. The van der Waals surface area contributed by atoms with Crippen molar-refractivity contribution in [3.05, 3.63) is 64.7 Å². The molecular formula is C27H32ClN3O5. The lowest BCUT2D eigenvalue weighted by molar-refractivity contribution is -0.128. The minimum Gasteiger partial charge on any atom is -0.497 e. The van der Waals surface area contributed by atoms with E-state index in [-0.39, 0.29) is 30.2 Å². The van der Waals surface area contributed by atoms with Crippen molar-refractivity contribution in [3.63, 3.8) is 0 Å². The molecule has 2 aliphatic rings. The molecule has 0 aliphatic carbocycles. The van der Waals surface area contributed by atoms with Crippen LogP contribution in [-0.4, -0.2) is 72.6 Å². The maximum atomic E-state index is 13.8. The minimum atomic E-state index is -0.981. The fourth-order valence-corrected chi connectivity index (χ4v) is 4.94. The first-order chi connectivity index (χ1) is 17.2. The van der Waals surface area contributed by atoms with E-state index in [4.69, 9.17) is 21.1 Å². The molecule has 4 rings (SSSR count). The maximum absolute atomic E-state index is 13.8. The van der Waals surface area contributed by atoms with Crippen molar-refractivity contribution in [1.29, 1.82) is 0 Å². The van der Waals surface area contributed by atoms with Crippen LogP contribution in [0, 0.1) is 5.92 Å². The second-order valence-electron chi connectivity index (χ2n) is 9.62. The zero-order valence-corrected chi connectivity index (χ0v) is 21.6. The molecule has 0 aromatic heterocycles. The van der Waals surface area contributed by atoms with Gasteiger partial charge >= 0.3 is 0 Å². The number of benzene rings is 2. The Bertz CT molecular complexity index is 1130. The van der Waals surface area contributed by atoms with Crippen LogP contribution in [0.25, 0.3) is 0 Å². The Morgan fingerprint density at radius 2 is 1.75 bits per heavy atom. The van der Waals surface area contributed by atoms with E-state index in [1.165, 1.54) is 0 Å².